The first-order valence-electron chi connectivity index (χ1n) is 7.74. The van der Waals surface area contributed by atoms with E-state index in [9.17, 15) is 8.42 Å². The van der Waals surface area contributed by atoms with E-state index in [1.54, 1.807) is 0 Å². The third-order valence-corrected chi connectivity index (χ3v) is 5.24. The van der Waals surface area contributed by atoms with Gasteiger partial charge in [-0.2, -0.15) is 0 Å². The van der Waals surface area contributed by atoms with E-state index in [1.165, 1.54) is 6.42 Å². The maximum Gasteiger partial charge on any atom is 0.211 e. The molecular formula is C14H30N2O2S. The normalized spacial score (nSPS) is 24.5. The fourth-order valence-electron chi connectivity index (χ4n) is 2.70. The zero-order valence-electron chi connectivity index (χ0n) is 12.5. The van der Waals surface area contributed by atoms with Crippen molar-refractivity contribution in [1.29, 1.82) is 0 Å². The number of nitrogens with one attached hydrogen (secondary N) is 2. The molecule has 0 aromatic carbocycles. The fourth-order valence-corrected chi connectivity index (χ4v) is 4.12. The smallest absolute Gasteiger partial charge is 0.211 e. The Bertz CT molecular complexity index is 330. The van der Waals surface area contributed by atoms with Gasteiger partial charge in [-0.25, -0.2) is 13.1 Å². The van der Waals surface area contributed by atoms with Crippen LogP contribution in [0.3, 0.4) is 0 Å². The second kappa shape index (κ2) is 8.93. The van der Waals surface area contributed by atoms with E-state index in [0.29, 0.717) is 5.92 Å². The molecule has 0 aromatic heterocycles. The van der Waals surface area contributed by atoms with Crippen LogP contribution in [0.25, 0.3) is 0 Å². The van der Waals surface area contributed by atoms with Crippen LogP contribution in [-0.4, -0.2) is 33.3 Å². The highest BCUT2D eigenvalue weighted by Gasteiger charge is 2.22. The van der Waals surface area contributed by atoms with Crippen LogP contribution >= 0.6 is 0 Å². The van der Waals surface area contributed by atoms with Crippen molar-refractivity contribution >= 4 is 10.0 Å². The van der Waals surface area contributed by atoms with E-state index in [1.807, 2.05) is 0 Å². The lowest BCUT2D eigenvalue weighted by Crippen LogP contribution is -2.39. The molecule has 1 saturated carbocycles. The molecule has 1 fully saturated rings. The van der Waals surface area contributed by atoms with E-state index in [4.69, 9.17) is 0 Å². The summed E-state index contributed by atoms with van der Waals surface area (Å²) in [6.07, 6.45) is 7.19. The van der Waals surface area contributed by atoms with Crippen molar-refractivity contribution in [2.45, 2.75) is 64.8 Å². The average Bonchev–Trinajstić information content (AvgIpc) is 2.33. The molecule has 0 bridgehead atoms. The summed E-state index contributed by atoms with van der Waals surface area (Å²) in [6.45, 7) is 6.28. The standard InChI is InChI=1S/C14H30N2O2S/c1-3-9-15-10-4-5-11-19(17,18)16-14-8-6-7-13(2)12-14/h13-16H,3-12H2,1-2H3. The van der Waals surface area contributed by atoms with Crippen LogP contribution < -0.4 is 10.0 Å². The summed E-state index contributed by atoms with van der Waals surface area (Å²) in [7, 11) is -3.08. The molecule has 2 unspecified atom stereocenters. The third-order valence-electron chi connectivity index (χ3n) is 3.73. The Hall–Kier alpha value is -0.130. The predicted molar refractivity (Wildman–Crippen MR) is 80.7 cm³/mol. The predicted octanol–water partition coefficient (Wildman–Crippen LogP) is 2.26. The van der Waals surface area contributed by atoms with Crippen LogP contribution in [0.1, 0.15) is 58.8 Å². The van der Waals surface area contributed by atoms with Crippen molar-refractivity contribution in [3.05, 3.63) is 0 Å². The summed E-state index contributed by atoms with van der Waals surface area (Å²) in [4.78, 5) is 0. The summed E-state index contributed by atoms with van der Waals surface area (Å²) in [6, 6.07) is 0.173. The van der Waals surface area contributed by atoms with Gasteiger partial charge in [-0.3, -0.25) is 0 Å². The molecule has 0 spiro atoms. The van der Waals surface area contributed by atoms with Crippen LogP contribution in [0.15, 0.2) is 0 Å². The van der Waals surface area contributed by atoms with Crippen molar-refractivity contribution in [2.24, 2.45) is 5.92 Å². The Morgan fingerprint density at radius 3 is 2.63 bits per heavy atom. The van der Waals surface area contributed by atoms with Crippen molar-refractivity contribution in [3.63, 3.8) is 0 Å². The molecule has 0 heterocycles. The summed E-state index contributed by atoms with van der Waals surface area (Å²) in [5.41, 5.74) is 0. The lowest BCUT2D eigenvalue weighted by Gasteiger charge is -2.27. The quantitative estimate of drug-likeness (QED) is 0.640. The molecular weight excluding hydrogens is 260 g/mol. The first-order valence-corrected chi connectivity index (χ1v) is 9.39. The molecule has 0 aliphatic heterocycles. The second-order valence-corrected chi connectivity index (χ2v) is 7.74. The van der Waals surface area contributed by atoms with Gasteiger partial charge in [0.15, 0.2) is 0 Å². The number of hydrogen-bond donors (Lipinski definition) is 2. The molecule has 0 amide bonds. The van der Waals surface area contributed by atoms with E-state index >= 15 is 0 Å². The summed E-state index contributed by atoms with van der Waals surface area (Å²) in [5, 5.41) is 3.29. The largest absolute Gasteiger partial charge is 0.317 e. The minimum atomic E-state index is -3.08. The van der Waals surface area contributed by atoms with Crippen LogP contribution in [0, 0.1) is 5.92 Å². The molecule has 1 aliphatic carbocycles. The SMILES string of the molecule is CCCNCCCCS(=O)(=O)NC1CCCC(C)C1. The first kappa shape index (κ1) is 16.9. The first-order chi connectivity index (χ1) is 9.03. The average molecular weight is 290 g/mol. The molecule has 0 saturated heterocycles. The minimum Gasteiger partial charge on any atom is -0.317 e. The van der Waals surface area contributed by atoms with Gasteiger partial charge in [0.05, 0.1) is 5.75 Å². The third kappa shape index (κ3) is 7.90. The molecule has 19 heavy (non-hydrogen) atoms. The molecule has 4 nitrogen and oxygen atoms in total. The van der Waals surface area contributed by atoms with Crippen LogP contribution in [0.2, 0.25) is 0 Å². The van der Waals surface area contributed by atoms with Gasteiger partial charge in [0.25, 0.3) is 0 Å². The zero-order valence-corrected chi connectivity index (χ0v) is 13.3. The van der Waals surface area contributed by atoms with Gasteiger partial charge in [-0.05, 0) is 51.1 Å². The molecule has 5 heteroatoms. The molecule has 0 radical (unpaired) electrons. The Labute approximate surface area is 118 Å². The number of unbranched alkanes of at least 4 members (excludes halogenated alkanes) is 1. The summed E-state index contributed by atoms with van der Waals surface area (Å²) >= 11 is 0. The molecule has 1 aliphatic rings. The molecule has 1 rings (SSSR count). The number of sulfonamides is 1. The summed E-state index contributed by atoms with van der Waals surface area (Å²) < 4.78 is 26.8. The van der Waals surface area contributed by atoms with Gasteiger partial charge >= 0.3 is 0 Å². The van der Waals surface area contributed by atoms with E-state index < -0.39 is 10.0 Å². The van der Waals surface area contributed by atoms with E-state index in [2.05, 4.69) is 23.9 Å². The zero-order chi connectivity index (χ0) is 14.1. The van der Waals surface area contributed by atoms with E-state index in [0.717, 1.165) is 51.6 Å². The van der Waals surface area contributed by atoms with Crippen LogP contribution in [-0.2, 0) is 10.0 Å². The lowest BCUT2D eigenvalue weighted by atomic mass is 9.88. The maximum atomic E-state index is 12.0. The van der Waals surface area contributed by atoms with Gasteiger partial charge in [-0.1, -0.05) is 26.7 Å². The van der Waals surface area contributed by atoms with Crippen LogP contribution in [0.4, 0.5) is 0 Å². The van der Waals surface area contributed by atoms with Crippen molar-refractivity contribution < 1.29 is 8.42 Å². The Kier molecular flexibility index (Phi) is 7.95. The van der Waals surface area contributed by atoms with Crippen molar-refractivity contribution in [3.8, 4) is 0 Å². The molecule has 114 valence electrons. The van der Waals surface area contributed by atoms with Crippen LogP contribution in [0.5, 0.6) is 0 Å². The van der Waals surface area contributed by atoms with Gasteiger partial charge in [0.1, 0.15) is 0 Å². The highest BCUT2D eigenvalue weighted by Crippen LogP contribution is 2.23. The number of rotatable bonds is 9. The highest BCUT2D eigenvalue weighted by atomic mass is 32.2. The van der Waals surface area contributed by atoms with Gasteiger partial charge in [0, 0.05) is 6.04 Å². The van der Waals surface area contributed by atoms with Gasteiger partial charge < -0.3 is 5.32 Å². The minimum absolute atomic E-state index is 0.173. The summed E-state index contributed by atoms with van der Waals surface area (Å²) in [5.74, 6) is 0.922. The molecule has 2 atom stereocenters. The highest BCUT2D eigenvalue weighted by molar-refractivity contribution is 7.89. The topological polar surface area (TPSA) is 58.2 Å². The monoisotopic (exact) mass is 290 g/mol. The Balaban J connectivity index is 2.16. The lowest BCUT2D eigenvalue weighted by molar-refractivity contribution is 0.327. The maximum absolute atomic E-state index is 12.0. The Morgan fingerprint density at radius 2 is 1.95 bits per heavy atom. The van der Waals surface area contributed by atoms with Crippen molar-refractivity contribution in [2.75, 3.05) is 18.8 Å². The van der Waals surface area contributed by atoms with E-state index in [-0.39, 0.29) is 11.8 Å². The van der Waals surface area contributed by atoms with Gasteiger partial charge in [-0.15, -0.1) is 0 Å². The van der Waals surface area contributed by atoms with Gasteiger partial charge in [0.2, 0.25) is 10.0 Å². The fraction of sp³-hybridized carbons (Fsp3) is 1.00. The van der Waals surface area contributed by atoms with Crippen molar-refractivity contribution in [1.82, 2.24) is 10.0 Å². The molecule has 0 aromatic rings. The Morgan fingerprint density at radius 1 is 1.16 bits per heavy atom. The number of hydrogen-bond acceptors (Lipinski definition) is 3. The molecule has 2 N–H and O–H groups in total. The second-order valence-electron chi connectivity index (χ2n) is 5.86.